The van der Waals surface area contributed by atoms with Crippen LogP contribution in [0.3, 0.4) is 0 Å². The molecule has 0 heterocycles. The summed E-state index contributed by atoms with van der Waals surface area (Å²) in [6, 6.07) is 3.11. The van der Waals surface area contributed by atoms with Gasteiger partial charge >= 0.3 is 0 Å². The zero-order chi connectivity index (χ0) is 13.6. The molecule has 0 aromatic heterocycles. The standard InChI is InChI=1S/C12H14N2O3S/c1-12(14)6-2-3-9-8(7-12)4-5-10(13)11(9)18(15,16)17/h2-7H,13-14H2,1H3,(H,15,16,17). The number of fused-ring (bicyclic) bond motifs is 1. The van der Waals surface area contributed by atoms with Crippen molar-refractivity contribution in [1.29, 1.82) is 0 Å². The smallest absolute Gasteiger partial charge is 0.297 e. The molecule has 0 bridgehead atoms. The highest BCUT2D eigenvalue weighted by Crippen LogP contribution is 2.12. The first-order valence-corrected chi connectivity index (χ1v) is 6.72. The maximum absolute atomic E-state index is 11.4. The molecule has 0 saturated carbocycles. The van der Waals surface area contributed by atoms with Gasteiger partial charge in [0.05, 0.1) is 11.2 Å². The minimum Gasteiger partial charge on any atom is -0.398 e. The highest BCUT2D eigenvalue weighted by Gasteiger charge is 2.18. The largest absolute Gasteiger partial charge is 0.398 e. The number of anilines is 1. The molecule has 5 nitrogen and oxygen atoms in total. The van der Waals surface area contributed by atoms with Crippen molar-refractivity contribution in [3.63, 3.8) is 0 Å². The van der Waals surface area contributed by atoms with Gasteiger partial charge in [-0.1, -0.05) is 30.4 Å². The molecule has 18 heavy (non-hydrogen) atoms. The summed E-state index contributed by atoms with van der Waals surface area (Å²) in [5.41, 5.74) is 10.9. The van der Waals surface area contributed by atoms with Crippen molar-refractivity contribution in [1.82, 2.24) is 0 Å². The van der Waals surface area contributed by atoms with Gasteiger partial charge < -0.3 is 11.5 Å². The van der Waals surface area contributed by atoms with E-state index in [9.17, 15) is 13.0 Å². The van der Waals surface area contributed by atoms with Crippen molar-refractivity contribution in [3.8, 4) is 0 Å². The molecular weight excluding hydrogens is 252 g/mol. The summed E-state index contributed by atoms with van der Waals surface area (Å²) >= 11 is 0. The van der Waals surface area contributed by atoms with Gasteiger partial charge in [-0.25, -0.2) is 0 Å². The van der Waals surface area contributed by atoms with Gasteiger partial charge in [0.25, 0.3) is 10.1 Å². The fourth-order valence-electron chi connectivity index (χ4n) is 1.95. The molecule has 0 saturated heterocycles. The molecule has 96 valence electrons. The Morgan fingerprint density at radius 1 is 1.33 bits per heavy atom. The van der Waals surface area contributed by atoms with Crippen molar-refractivity contribution < 1.29 is 13.0 Å². The van der Waals surface area contributed by atoms with Gasteiger partial charge in [0.15, 0.2) is 0 Å². The van der Waals surface area contributed by atoms with Crippen molar-refractivity contribution in [2.75, 3.05) is 5.73 Å². The fourth-order valence-corrected chi connectivity index (χ4v) is 2.78. The Morgan fingerprint density at radius 2 is 2.00 bits per heavy atom. The SMILES string of the molecule is CC1(N)C=CC=c2c(S(=O)(=O)O)c(N)ccc2=C1. The minimum absolute atomic E-state index is 0.00919. The number of benzene rings is 1. The highest BCUT2D eigenvalue weighted by atomic mass is 32.2. The van der Waals surface area contributed by atoms with Crippen molar-refractivity contribution in [2.45, 2.75) is 17.4 Å². The van der Waals surface area contributed by atoms with Gasteiger partial charge in [-0.3, -0.25) is 4.55 Å². The average Bonchev–Trinajstić information content (AvgIpc) is 2.33. The second kappa shape index (κ2) is 3.94. The molecule has 2 rings (SSSR count). The highest BCUT2D eigenvalue weighted by molar-refractivity contribution is 7.86. The van der Waals surface area contributed by atoms with E-state index in [4.69, 9.17) is 11.5 Å². The van der Waals surface area contributed by atoms with E-state index in [0.717, 1.165) is 0 Å². The summed E-state index contributed by atoms with van der Waals surface area (Å²) < 4.78 is 32.0. The summed E-state index contributed by atoms with van der Waals surface area (Å²) in [4.78, 5) is -0.279. The molecule has 5 N–H and O–H groups in total. The Labute approximate surface area is 105 Å². The monoisotopic (exact) mass is 266 g/mol. The lowest BCUT2D eigenvalue weighted by Gasteiger charge is -2.13. The molecule has 0 fully saturated rings. The number of rotatable bonds is 1. The van der Waals surface area contributed by atoms with Crippen molar-refractivity contribution >= 4 is 28.0 Å². The lowest BCUT2D eigenvalue weighted by molar-refractivity contribution is 0.483. The molecule has 6 heteroatoms. The first-order valence-electron chi connectivity index (χ1n) is 5.28. The molecule has 1 aromatic carbocycles. The Hall–Kier alpha value is -1.63. The van der Waals surface area contributed by atoms with Crippen LogP contribution in [0.4, 0.5) is 5.69 Å². The van der Waals surface area contributed by atoms with E-state index in [2.05, 4.69) is 0 Å². The van der Waals surface area contributed by atoms with E-state index in [-0.39, 0.29) is 10.6 Å². The third-order valence-corrected chi connectivity index (χ3v) is 3.67. The Bertz CT molecular complexity index is 746. The lowest BCUT2D eigenvalue weighted by atomic mass is 10.0. The van der Waals surface area contributed by atoms with Crippen LogP contribution >= 0.6 is 0 Å². The summed E-state index contributed by atoms with van der Waals surface area (Å²) in [6.07, 6.45) is 6.67. The molecular formula is C12H14N2O3S. The van der Waals surface area contributed by atoms with E-state index in [1.165, 1.54) is 6.07 Å². The maximum atomic E-state index is 11.4. The van der Waals surface area contributed by atoms with E-state index in [1.807, 2.05) is 0 Å². The summed E-state index contributed by atoms with van der Waals surface area (Å²) in [6.45, 7) is 1.79. The molecule has 1 aliphatic rings. The topological polar surface area (TPSA) is 106 Å². The zero-order valence-corrected chi connectivity index (χ0v) is 10.6. The van der Waals surface area contributed by atoms with E-state index in [0.29, 0.717) is 10.4 Å². The normalized spacial score (nSPS) is 22.6. The molecule has 1 aliphatic carbocycles. The second-order valence-electron chi connectivity index (χ2n) is 4.50. The van der Waals surface area contributed by atoms with Crippen LogP contribution in [0, 0.1) is 0 Å². The van der Waals surface area contributed by atoms with Gasteiger partial charge in [0, 0.05) is 5.22 Å². The first-order chi connectivity index (χ1) is 8.21. The van der Waals surface area contributed by atoms with Gasteiger partial charge in [-0.05, 0) is 18.2 Å². The van der Waals surface area contributed by atoms with E-state index >= 15 is 0 Å². The van der Waals surface area contributed by atoms with E-state index in [1.54, 1.807) is 37.3 Å². The van der Waals surface area contributed by atoms with Crippen molar-refractivity contribution in [3.05, 3.63) is 34.7 Å². The van der Waals surface area contributed by atoms with Gasteiger partial charge in [0.2, 0.25) is 0 Å². The number of allylic oxidation sites excluding steroid dienone is 1. The van der Waals surface area contributed by atoms with Crippen LogP contribution in [0.2, 0.25) is 0 Å². The molecule has 0 aliphatic heterocycles. The number of nitrogens with two attached hydrogens (primary N) is 2. The van der Waals surface area contributed by atoms with Gasteiger partial charge in [0.1, 0.15) is 4.90 Å². The van der Waals surface area contributed by atoms with Crippen LogP contribution in [0.15, 0.2) is 29.2 Å². The number of nitrogen functional groups attached to an aromatic ring is 1. The third kappa shape index (κ3) is 2.31. The fraction of sp³-hybridized carbons (Fsp3) is 0.167. The quantitative estimate of drug-likeness (QED) is 0.463. The van der Waals surface area contributed by atoms with Gasteiger partial charge in [-0.2, -0.15) is 8.42 Å². The van der Waals surface area contributed by atoms with Crippen LogP contribution in [-0.2, 0) is 10.1 Å². The molecule has 0 spiro atoms. The zero-order valence-electron chi connectivity index (χ0n) is 9.79. The summed E-state index contributed by atoms with van der Waals surface area (Å²) in [5.74, 6) is 0. The Morgan fingerprint density at radius 3 is 2.61 bits per heavy atom. The average molecular weight is 266 g/mol. The molecule has 0 radical (unpaired) electrons. The summed E-state index contributed by atoms with van der Waals surface area (Å²) in [7, 11) is -4.38. The van der Waals surface area contributed by atoms with Crippen LogP contribution in [0.1, 0.15) is 6.92 Å². The Balaban J connectivity index is 2.99. The van der Waals surface area contributed by atoms with Crippen LogP contribution in [0.5, 0.6) is 0 Å². The second-order valence-corrected chi connectivity index (χ2v) is 5.86. The van der Waals surface area contributed by atoms with Crippen LogP contribution < -0.4 is 21.9 Å². The molecule has 1 atom stereocenters. The van der Waals surface area contributed by atoms with Crippen molar-refractivity contribution in [2.24, 2.45) is 5.73 Å². The maximum Gasteiger partial charge on any atom is 0.297 e. The van der Waals surface area contributed by atoms with Gasteiger partial charge in [-0.15, -0.1) is 0 Å². The Kier molecular flexibility index (Phi) is 2.81. The number of hydrogen-bond acceptors (Lipinski definition) is 4. The van der Waals surface area contributed by atoms with Crippen LogP contribution in [0.25, 0.3) is 12.2 Å². The third-order valence-electron chi connectivity index (χ3n) is 2.70. The molecule has 1 unspecified atom stereocenters. The minimum atomic E-state index is -4.38. The molecule has 0 amide bonds. The first kappa shape index (κ1) is 12.8. The predicted molar refractivity (Wildman–Crippen MR) is 70.6 cm³/mol. The number of hydrogen-bond donors (Lipinski definition) is 3. The lowest BCUT2D eigenvalue weighted by Crippen LogP contribution is -2.37. The molecule has 1 aromatic rings. The predicted octanol–water partition coefficient (Wildman–Crippen LogP) is -0.636. The summed E-state index contributed by atoms with van der Waals surface area (Å²) in [5, 5.41) is 0.967. The van der Waals surface area contributed by atoms with E-state index < -0.39 is 15.7 Å². The van der Waals surface area contributed by atoms with Crippen LogP contribution in [-0.4, -0.2) is 18.5 Å².